The van der Waals surface area contributed by atoms with Gasteiger partial charge < -0.3 is 10.6 Å². The van der Waals surface area contributed by atoms with Gasteiger partial charge in [0.2, 0.25) is 0 Å². The van der Waals surface area contributed by atoms with Crippen LogP contribution >= 0.6 is 0 Å². The lowest BCUT2D eigenvalue weighted by Crippen LogP contribution is -2.33. The van der Waals surface area contributed by atoms with Crippen LogP contribution < -0.4 is 5.73 Å². The van der Waals surface area contributed by atoms with Crippen molar-refractivity contribution in [3.8, 4) is 0 Å². The van der Waals surface area contributed by atoms with Crippen LogP contribution in [0.4, 0.5) is 10.1 Å². The molecule has 1 saturated heterocycles. The van der Waals surface area contributed by atoms with Crippen molar-refractivity contribution in [1.82, 2.24) is 4.90 Å². The molecule has 0 unspecified atom stereocenters. The van der Waals surface area contributed by atoms with E-state index >= 15 is 0 Å². The van der Waals surface area contributed by atoms with E-state index in [0.29, 0.717) is 5.56 Å². The van der Waals surface area contributed by atoms with Crippen molar-refractivity contribution in [3.05, 3.63) is 29.6 Å². The summed E-state index contributed by atoms with van der Waals surface area (Å²) in [6, 6.07) is 4.42. The molecule has 1 aromatic carbocycles. The summed E-state index contributed by atoms with van der Waals surface area (Å²) in [7, 11) is 2.04. The van der Waals surface area contributed by atoms with Crippen LogP contribution in [0.2, 0.25) is 0 Å². The number of nitrogens with zero attached hydrogens (tertiary/aromatic N) is 1. The average molecular weight is 236 g/mol. The number of piperidine rings is 1. The quantitative estimate of drug-likeness (QED) is 0.630. The van der Waals surface area contributed by atoms with Crippen LogP contribution in [0.15, 0.2) is 18.2 Å². The molecule has 0 radical (unpaired) electrons. The van der Waals surface area contributed by atoms with E-state index < -0.39 is 5.82 Å². The minimum Gasteiger partial charge on any atom is -0.396 e. The van der Waals surface area contributed by atoms with E-state index in [4.69, 9.17) is 5.73 Å². The molecule has 1 fully saturated rings. The Morgan fingerprint density at radius 3 is 2.71 bits per heavy atom. The molecule has 0 bridgehead atoms. The predicted molar refractivity (Wildman–Crippen MR) is 65.4 cm³/mol. The Balaban J connectivity index is 2.17. The topological polar surface area (TPSA) is 46.3 Å². The monoisotopic (exact) mass is 236 g/mol. The van der Waals surface area contributed by atoms with Gasteiger partial charge in [0.15, 0.2) is 5.78 Å². The molecule has 2 rings (SSSR count). The van der Waals surface area contributed by atoms with E-state index in [2.05, 4.69) is 4.90 Å². The Morgan fingerprint density at radius 2 is 2.06 bits per heavy atom. The molecule has 0 aromatic heterocycles. The highest BCUT2D eigenvalue weighted by molar-refractivity contribution is 6.02. The fourth-order valence-electron chi connectivity index (χ4n) is 2.24. The van der Waals surface area contributed by atoms with E-state index in [9.17, 15) is 9.18 Å². The van der Waals surface area contributed by atoms with Crippen molar-refractivity contribution in [2.45, 2.75) is 12.8 Å². The molecule has 3 nitrogen and oxygen atoms in total. The van der Waals surface area contributed by atoms with E-state index in [1.165, 1.54) is 12.1 Å². The zero-order chi connectivity index (χ0) is 12.4. The van der Waals surface area contributed by atoms with E-state index in [1.54, 1.807) is 6.07 Å². The van der Waals surface area contributed by atoms with Gasteiger partial charge in [0.1, 0.15) is 5.82 Å². The standard InChI is InChI=1S/C13H17FN2O/c1-16-7-5-9(6-8-16)13(17)10-3-2-4-11(14)12(10)15/h2-4,9H,5-8,15H2,1H3. The Bertz CT molecular complexity index is 425. The first kappa shape index (κ1) is 12.0. The Morgan fingerprint density at radius 1 is 1.41 bits per heavy atom. The number of benzene rings is 1. The summed E-state index contributed by atoms with van der Waals surface area (Å²) in [5.74, 6) is -0.547. The molecule has 0 amide bonds. The van der Waals surface area contributed by atoms with Gasteiger partial charge in [0, 0.05) is 11.5 Å². The molecular formula is C13H17FN2O. The number of hydrogen-bond donors (Lipinski definition) is 1. The van der Waals surface area contributed by atoms with E-state index in [1.807, 2.05) is 7.05 Å². The summed E-state index contributed by atoms with van der Waals surface area (Å²) in [6.07, 6.45) is 1.65. The number of nitrogens with two attached hydrogens (primary N) is 1. The summed E-state index contributed by atoms with van der Waals surface area (Å²) >= 11 is 0. The SMILES string of the molecule is CN1CCC(C(=O)c2cccc(F)c2N)CC1. The lowest BCUT2D eigenvalue weighted by molar-refractivity contribution is 0.0857. The highest BCUT2D eigenvalue weighted by atomic mass is 19.1. The van der Waals surface area contributed by atoms with E-state index in [0.717, 1.165) is 25.9 Å². The second-order valence-corrected chi connectivity index (χ2v) is 4.64. The van der Waals surface area contributed by atoms with Crippen LogP contribution in [-0.4, -0.2) is 30.8 Å². The first-order chi connectivity index (χ1) is 8.09. The van der Waals surface area contributed by atoms with E-state index in [-0.39, 0.29) is 17.4 Å². The average Bonchev–Trinajstić information content (AvgIpc) is 2.33. The van der Waals surface area contributed by atoms with Crippen LogP contribution in [0.1, 0.15) is 23.2 Å². The Hall–Kier alpha value is -1.42. The molecule has 1 aliphatic rings. The largest absolute Gasteiger partial charge is 0.396 e. The fourth-order valence-corrected chi connectivity index (χ4v) is 2.24. The Kier molecular flexibility index (Phi) is 3.43. The van der Waals surface area contributed by atoms with Crippen molar-refractivity contribution in [3.63, 3.8) is 0 Å². The minimum absolute atomic E-state index is 0.0172. The lowest BCUT2D eigenvalue weighted by Gasteiger charge is -2.28. The smallest absolute Gasteiger partial charge is 0.168 e. The zero-order valence-corrected chi connectivity index (χ0v) is 9.95. The maximum absolute atomic E-state index is 13.3. The summed E-state index contributed by atoms with van der Waals surface area (Å²) in [5, 5.41) is 0. The van der Waals surface area contributed by atoms with Crippen LogP contribution in [0.25, 0.3) is 0 Å². The maximum atomic E-state index is 13.3. The highest BCUT2D eigenvalue weighted by Crippen LogP contribution is 2.25. The maximum Gasteiger partial charge on any atom is 0.168 e. The number of carbonyl (C=O) groups excluding carboxylic acids is 1. The third kappa shape index (κ3) is 2.47. The fraction of sp³-hybridized carbons (Fsp3) is 0.462. The summed E-state index contributed by atoms with van der Waals surface area (Å²) in [6.45, 7) is 1.82. The van der Waals surface area contributed by atoms with Crippen molar-refractivity contribution >= 4 is 11.5 Å². The number of hydrogen-bond acceptors (Lipinski definition) is 3. The van der Waals surface area contributed by atoms with Gasteiger partial charge in [-0.1, -0.05) is 6.07 Å². The molecule has 17 heavy (non-hydrogen) atoms. The number of ketones is 1. The van der Waals surface area contributed by atoms with Gasteiger partial charge in [-0.15, -0.1) is 0 Å². The number of nitrogen functional groups attached to an aromatic ring is 1. The number of Topliss-reactive ketones (excluding diaryl/α,β-unsaturated/α-hetero) is 1. The van der Waals surface area contributed by atoms with Crippen molar-refractivity contribution in [1.29, 1.82) is 0 Å². The van der Waals surface area contributed by atoms with Gasteiger partial charge in [-0.2, -0.15) is 0 Å². The second kappa shape index (κ2) is 4.84. The van der Waals surface area contributed by atoms with Crippen LogP contribution in [0.5, 0.6) is 0 Å². The van der Waals surface area contributed by atoms with Gasteiger partial charge in [0.05, 0.1) is 5.69 Å². The Labute approximate surface area is 100 Å². The van der Waals surface area contributed by atoms with Crippen LogP contribution in [0.3, 0.4) is 0 Å². The number of likely N-dealkylation sites (tertiary alicyclic amines) is 1. The second-order valence-electron chi connectivity index (χ2n) is 4.64. The zero-order valence-electron chi connectivity index (χ0n) is 9.95. The molecular weight excluding hydrogens is 219 g/mol. The molecule has 2 N–H and O–H groups in total. The molecule has 0 saturated carbocycles. The van der Waals surface area contributed by atoms with Gasteiger partial charge in [-0.3, -0.25) is 4.79 Å². The molecule has 1 heterocycles. The van der Waals surface area contributed by atoms with Crippen LogP contribution in [-0.2, 0) is 0 Å². The minimum atomic E-state index is -0.510. The molecule has 1 aliphatic heterocycles. The highest BCUT2D eigenvalue weighted by Gasteiger charge is 2.26. The number of rotatable bonds is 2. The molecule has 1 aromatic rings. The van der Waals surface area contributed by atoms with Gasteiger partial charge >= 0.3 is 0 Å². The molecule has 0 spiro atoms. The predicted octanol–water partition coefficient (Wildman–Crippen LogP) is 1.93. The normalized spacial score (nSPS) is 18.2. The molecule has 4 heteroatoms. The first-order valence-electron chi connectivity index (χ1n) is 5.86. The lowest BCUT2D eigenvalue weighted by atomic mass is 9.88. The summed E-state index contributed by atoms with van der Waals surface area (Å²) in [5.41, 5.74) is 5.93. The third-order valence-corrected chi connectivity index (χ3v) is 3.41. The van der Waals surface area contributed by atoms with Crippen molar-refractivity contribution < 1.29 is 9.18 Å². The van der Waals surface area contributed by atoms with Crippen LogP contribution in [0, 0.1) is 11.7 Å². The molecule has 92 valence electrons. The van der Waals surface area contributed by atoms with Crippen molar-refractivity contribution in [2.24, 2.45) is 5.92 Å². The van der Waals surface area contributed by atoms with Crippen molar-refractivity contribution in [2.75, 3.05) is 25.9 Å². The first-order valence-corrected chi connectivity index (χ1v) is 5.86. The number of carbonyl (C=O) groups is 1. The number of halogens is 1. The molecule has 0 atom stereocenters. The van der Waals surface area contributed by atoms with Gasteiger partial charge in [-0.05, 0) is 45.1 Å². The third-order valence-electron chi connectivity index (χ3n) is 3.41. The number of anilines is 1. The molecule has 0 aliphatic carbocycles. The van der Waals surface area contributed by atoms with Gasteiger partial charge in [0.25, 0.3) is 0 Å². The summed E-state index contributed by atoms with van der Waals surface area (Å²) < 4.78 is 13.3. The van der Waals surface area contributed by atoms with Gasteiger partial charge in [-0.25, -0.2) is 4.39 Å². The number of para-hydroxylation sites is 1. The summed E-state index contributed by atoms with van der Waals surface area (Å²) in [4.78, 5) is 14.4.